The molecule has 2 aliphatic rings. The first kappa shape index (κ1) is 23.7. The van der Waals surface area contributed by atoms with Crippen LogP contribution in [0.15, 0.2) is 11.5 Å². The molecule has 2 saturated carbocycles. The summed E-state index contributed by atoms with van der Waals surface area (Å²) in [4.78, 5) is 12.9. The quantitative estimate of drug-likeness (QED) is 0.238. The van der Waals surface area contributed by atoms with Crippen molar-refractivity contribution in [1.82, 2.24) is 10.6 Å². The largest absolute Gasteiger partial charge is 0.478 e. The molecule has 0 bridgehead atoms. The lowest BCUT2D eigenvalue weighted by atomic mass is 9.81. The lowest BCUT2D eigenvalue weighted by Crippen LogP contribution is -2.40. The smallest absolute Gasteiger partial charge is 0.258 e. The van der Waals surface area contributed by atoms with Crippen LogP contribution in [0.1, 0.15) is 78.1 Å². The second-order valence-corrected chi connectivity index (χ2v) is 9.19. The second kappa shape index (κ2) is 12.9. The molecule has 2 atom stereocenters. The summed E-state index contributed by atoms with van der Waals surface area (Å²) in [5, 5.41) is 23.1. The third kappa shape index (κ3) is 8.37. The van der Waals surface area contributed by atoms with E-state index in [1.54, 1.807) is 0 Å². The number of ether oxygens (including phenoxy) is 1. The molecule has 0 spiro atoms. The van der Waals surface area contributed by atoms with Gasteiger partial charge in [0.2, 0.25) is 5.88 Å². The molecule has 4 N–H and O–H groups in total. The Labute approximate surface area is 176 Å². The Morgan fingerprint density at radius 3 is 2.52 bits per heavy atom. The van der Waals surface area contributed by atoms with Crippen LogP contribution in [0.4, 0.5) is 0 Å². The number of carbonyl (C=O) groups is 1. The van der Waals surface area contributed by atoms with Gasteiger partial charge in [0.05, 0.1) is 13.2 Å². The Morgan fingerprint density at radius 2 is 1.86 bits per heavy atom. The molecule has 0 aromatic carbocycles. The molecule has 166 valence electrons. The van der Waals surface area contributed by atoms with Gasteiger partial charge in [-0.3, -0.25) is 4.79 Å². The molecule has 0 aromatic heterocycles. The fraction of sp³-hybridized carbons (Fsp3) is 0.826. The molecule has 2 rings (SSSR count). The number of aliphatic hydroxyl groups is 1. The Morgan fingerprint density at radius 1 is 1.14 bits per heavy atom. The molecule has 2 fully saturated rings. The number of carbonyl (C=O) groups excluding carboxylic acids is 1. The third-order valence-electron chi connectivity index (χ3n) is 6.14. The van der Waals surface area contributed by atoms with Crippen LogP contribution >= 0.6 is 0 Å². The van der Waals surface area contributed by atoms with Crippen LogP contribution in [0.2, 0.25) is 0 Å². The summed E-state index contributed by atoms with van der Waals surface area (Å²) in [6.07, 6.45) is 12.7. The lowest BCUT2D eigenvalue weighted by Gasteiger charge is -2.31. The molecular formula is C23H41N3O3. The molecule has 2 unspecified atom stereocenters. The van der Waals surface area contributed by atoms with Crippen LogP contribution in [0.3, 0.4) is 0 Å². The number of hydrogen-bond acceptors (Lipinski definition) is 5. The van der Waals surface area contributed by atoms with Crippen molar-refractivity contribution in [2.24, 2.45) is 17.8 Å². The number of aliphatic hydroxyl groups excluding tert-OH is 1. The van der Waals surface area contributed by atoms with E-state index in [2.05, 4.69) is 24.5 Å². The zero-order valence-electron chi connectivity index (χ0n) is 18.3. The SMILES string of the molecule is CC(C)CC1CCCC(NC(=O)/C(C=N)=C(/NCCO)OCC2CCCCC2)C1. The first-order chi connectivity index (χ1) is 14.0. The van der Waals surface area contributed by atoms with Crippen LogP contribution in [0.5, 0.6) is 0 Å². The van der Waals surface area contributed by atoms with E-state index < -0.39 is 0 Å². The highest BCUT2D eigenvalue weighted by molar-refractivity contribution is 6.11. The lowest BCUT2D eigenvalue weighted by molar-refractivity contribution is -0.118. The second-order valence-electron chi connectivity index (χ2n) is 9.19. The average molecular weight is 408 g/mol. The standard InChI is InChI=1S/C23H41N3O3/c1-17(2)13-19-9-6-10-20(14-19)26-22(28)21(15-24)23(25-11-12-27)29-16-18-7-4-3-5-8-18/h15,17-20,24-25,27H,3-14,16H2,1-2H3,(H,26,28)/b23-21-,24-15?. The Kier molecular flexibility index (Phi) is 10.5. The Bertz CT molecular complexity index is 541. The zero-order valence-corrected chi connectivity index (χ0v) is 18.3. The zero-order chi connectivity index (χ0) is 21.1. The van der Waals surface area contributed by atoms with E-state index in [1.807, 2.05) is 0 Å². The fourth-order valence-electron chi connectivity index (χ4n) is 4.75. The highest BCUT2D eigenvalue weighted by Crippen LogP contribution is 2.29. The summed E-state index contributed by atoms with van der Waals surface area (Å²) in [5.41, 5.74) is 0.222. The molecule has 0 heterocycles. The van der Waals surface area contributed by atoms with Crippen molar-refractivity contribution in [3.05, 3.63) is 11.5 Å². The van der Waals surface area contributed by atoms with Crippen molar-refractivity contribution in [3.63, 3.8) is 0 Å². The van der Waals surface area contributed by atoms with Crippen molar-refractivity contribution in [3.8, 4) is 0 Å². The Hall–Kier alpha value is -1.56. The molecule has 0 radical (unpaired) electrons. The molecule has 0 aliphatic heterocycles. The van der Waals surface area contributed by atoms with Gasteiger partial charge in [0, 0.05) is 18.8 Å². The summed E-state index contributed by atoms with van der Waals surface area (Å²) >= 11 is 0. The van der Waals surface area contributed by atoms with Crippen LogP contribution in [0.25, 0.3) is 0 Å². The van der Waals surface area contributed by atoms with Crippen molar-refractivity contribution in [2.75, 3.05) is 19.8 Å². The highest BCUT2D eigenvalue weighted by Gasteiger charge is 2.26. The molecule has 0 aromatic rings. The molecule has 0 saturated heterocycles. The predicted molar refractivity (Wildman–Crippen MR) is 117 cm³/mol. The van der Waals surface area contributed by atoms with Gasteiger partial charge in [-0.2, -0.15) is 0 Å². The van der Waals surface area contributed by atoms with E-state index in [9.17, 15) is 9.90 Å². The molecule has 2 aliphatic carbocycles. The maximum absolute atomic E-state index is 12.9. The van der Waals surface area contributed by atoms with Crippen molar-refractivity contribution < 1.29 is 14.6 Å². The fourth-order valence-corrected chi connectivity index (χ4v) is 4.75. The number of rotatable bonds is 11. The monoisotopic (exact) mass is 407 g/mol. The van der Waals surface area contributed by atoms with Gasteiger partial charge in [-0.15, -0.1) is 0 Å². The number of nitrogens with one attached hydrogen (secondary N) is 3. The minimum absolute atomic E-state index is 0.0529. The van der Waals surface area contributed by atoms with E-state index in [0.29, 0.717) is 36.8 Å². The molecule has 6 nitrogen and oxygen atoms in total. The van der Waals surface area contributed by atoms with E-state index >= 15 is 0 Å². The van der Waals surface area contributed by atoms with E-state index in [1.165, 1.54) is 32.1 Å². The molecule has 29 heavy (non-hydrogen) atoms. The summed E-state index contributed by atoms with van der Waals surface area (Å²) < 4.78 is 5.97. The topological polar surface area (TPSA) is 94.4 Å². The number of amides is 1. The molecule has 6 heteroatoms. The van der Waals surface area contributed by atoms with Crippen molar-refractivity contribution >= 4 is 12.1 Å². The maximum Gasteiger partial charge on any atom is 0.258 e. The minimum atomic E-state index is -0.251. The summed E-state index contributed by atoms with van der Waals surface area (Å²) in [6, 6.07) is 0.160. The van der Waals surface area contributed by atoms with E-state index in [-0.39, 0.29) is 24.1 Å². The highest BCUT2D eigenvalue weighted by atomic mass is 16.5. The van der Waals surface area contributed by atoms with E-state index in [4.69, 9.17) is 10.1 Å². The minimum Gasteiger partial charge on any atom is -0.478 e. The van der Waals surface area contributed by atoms with Crippen LogP contribution < -0.4 is 10.6 Å². The molecular weight excluding hydrogens is 366 g/mol. The van der Waals surface area contributed by atoms with Crippen molar-refractivity contribution in [2.45, 2.75) is 84.1 Å². The summed E-state index contributed by atoms with van der Waals surface area (Å²) in [5.74, 6) is 1.91. The van der Waals surface area contributed by atoms with Crippen LogP contribution in [-0.2, 0) is 9.53 Å². The van der Waals surface area contributed by atoms with Gasteiger partial charge in [-0.25, -0.2) is 0 Å². The van der Waals surface area contributed by atoms with E-state index in [0.717, 1.165) is 38.3 Å². The van der Waals surface area contributed by atoms with Crippen LogP contribution in [-0.4, -0.2) is 43.0 Å². The molecule has 1 amide bonds. The first-order valence-corrected chi connectivity index (χ1v) is 11.6. The average Bonchev–Trinajstić information content (AvgIpc) is 2.70. The van der Waals surface area contributed by atoms with Gasteiger partial charge in [0.25, 0.3) is 5.91 Å². The van der Waals surface area contributed by atoms with Crippen LogP contribution in [0, 0.1) is 23.2 Å². The third-order valence-corrected chi connectivity index (χ3v) is 6.14. The van der Waals surface area contributed by atoms with Gasteiger partial charge in [-0.05, 0) is 49.9 Å². The normalized spacial score (nSPS) is 24.0. The van der Waals surface area contributed by atoms with Crippen molar-refractivity contribution in [1.29, 1.82) is 5.41 Å². The van der Waals surface area contributed by atoms with Gasteiger partial charge < -0.3 is 25.9 Å². The summed E-state index contributed by atoms with van der Waals surface area (Å²) in [6.45, 7) is 5.30. The van der Waals surface area contributed by atoms with Gasteiger partial charge in [-0.1, -0.05) is 46.0 Å². The Balaban J connectivity index is 1.99. The number of hydrogen-bond donors (Lipinski definition) is 4. The summed E-state index contributed by atoms with van der Waals surface area (Å²) in [7, 11) is 0. The first-order valence-electron chi connectivity index (χ1n) is 11.6. The predicted octanol–water partition coefficient (Wildman–Crippen LogP) is 3.75. The van der Waals surface area contributed by atoms with Gasteiger partial charge in [0.15, 0.2) is 0 Å². The van der Waals surface area contributed by atoms with Gasteiger partial charge in [0.1, 0.15) is 5.57 Å². The van der Waals surface area contributed by atoms with Gasteiger partial charge >= 0.3 is 0 Å². The maximum atomic E-state index is 12.9.